The standard InChI is InChI=1S/C22H39N3O/c1-22(2,3)13-14-25(16-19-7-5-18(15-23)6-8-19)17-20-9-11-21(12-10-20)24-26-4/h9-12,18-19,24H,5-8,13-17,23H2,1-4H3. The topological polar surface area (TPSA) is 50.5 Å². The molecule has 0 atom stereocenters. The van der Waals surface area contributed by atoms with Gasteiger partial charge in [-0.05, 0) is 80.1 Å². The van der Waals surface area contributed by atoms with Crippen molar-refractivity contribution < 1.29 is 4.84 Å². The van der Waals surface area contributed by atoms with Gasteiger partial charge >= 0.3 is 0 Å². The Morgan fingerprint density at radius 3 is 2.23 bits per heavy atom. The summed E-state index contributed by atoms with van der Waals surface area (Å²) in [6.45, 7) is 11.3. The molecule has 0 heterocycles. The summed E-state index contributed by atoms with van der Waals surface area (Å²) >= 11 is 0. The van der Waals surface area contributed by atoms with Crippen LogP contribution in [0.25, 0.3) is 0 Å². The van der Waals surface area contributed by atoms with Gasteiger partial charge in [0.15, 0.2) is 0 Å². The van der Waals surface area contributed by atoms with Crippen molar-refractivity contribution in [3.8, 4) is 0 Å². The first-order chi connectivity index (χ1) is 12.4. The van der Waals surface area contributed by atoms with Gasteiger partial charge in [-0.2, -0.15) is 0 Å². The first-order valence-corrected chi connectivity index (χ1v) is 10.2. The highest BCUT2D eigenvalue weighted by molar-refractivity contribution is 5.42. The second kappa shape index (κ2) is 10.3. The third-order valence-corrected chi connectivity index (χ3v) is 5.57. The molecule has 1 aromatic carbocycles. The van der Waals surface area contributed by atoms with E-state index in [0.717, 1.165) is 30.6 Å². The zero-order valence-corrected chi connectivity index (χ0v) is 17.3. The average molecular weight is 362 g/mol. The molecule has 0 radical (unpaired) electrons. The number of nitrogens with one attached hydrogen (secondary N) is 1. The molecule has 0 saturated heterocycles. The summed E-state index contributed by atoms with van der Waals surface area (Å²) in [7, 11) is 1.64. The number of hydrogen-bond acceptors (Lipinski definition) is 4. The van der Waals surface area contributed by atoms with Crippen molar-refractivity contribution >= 4 is 5.69 Å². The number of hydrogen-bond donors (Lipinski definition) is 2. The summed E-state index contributed by atoms with van der Waals surface area (Å²) in [5, 5.41) is 0. The van der Waals surface area contributed by atoms with E-state index in [-0.39, 0.29) is 0 Å². The average Bonchev–Trinajstić information content (AvgIpc) is 2.61. The number of nitrogens with zero attached hydrogens (tertiary/aromatic N) is 1. The molecule has 4 nitrogen and oxygen atoms in total. The van der Waals surface area contributed by atoms with Crippen LogP contribution in [0.4, 0.5) is 5.69 Å². The molecule has 0 unspecified atom stereocenters. The van der Waals surface area contributed by atoms with Gasteiger partial charge in [0.1, 0.15) is 0 Å². The fourth-order valence-corrected chi connectivity index (χ4v) is 3.80. The summed E-state index contributed by atoms with van der Waals surface area (Å²) in [4.78, 5) is 7.64. The molecule has 0 amide bonds. The molecule has 0 bridgehead atoms. The van der Waals surface area contributed by atoms with Crippen molar-refractivity contribution in [2.24, 2.45) is 23.0 Å². The molecule has 148 valence electrons. The van der Waals surface area contributed by atoms with Crippen LogP contribution < -0.4 is 11.2 Å². The van der Waals surface area contributed by atoms with Crippen LogP contribution in [0.3, 0.4) is 0 Å². The normalized spacial score (nSPS) is 21.2. The zero-order valence-electron chi connectivity index (χ0n) is 17.3. The maximum absolute atomic E-state index is 5.86. The second-order valence-corrected chi connectivity index (χ2v) is 9.17. The highest BCUT2D eigenvalue weighted by Crippen LogP contribution is 2.29. The molecular formula is C22H39N3O. The monoisotopic (exact) mass is 361 g/mol. The third kappa shape index (κ3) is 7.65. The molecular weight excluding hydrogens is 322 g/mol. The largest absolute Gasteiger partial charge is 0.330 e. The number of benzene rings is 1. The molecule has 0 aromatic heterocycles. The van der Waals surface area contributed by atoms with E-state index in [0.29, 0.717) is 5.41 Å². The molecule has 1 aromatic rings. The second-order valence-electron chi connectivity index (χ2n) is 9.17. The Kier molecular flexibility index (Phi) is 8.39. The van der Waals surface area contributed by atoms with Crippen molar-refractivity contribution in [3.63, 3.8) is 0 Å². The number of anilines is 1. The lowest BCUT2D eigenvalue weighted by Gasteiger charge is -2.34. The lowest BCUT2D eigenvalue weighted by molar-refractivity contribution is 0.159. The Labute approximate surface area is 160 Å². The molecule has 1 aliphatic carbocycles. The number of rotatable bonds is 9. The molecule has 1 saturated carbocycles. The molecule has 4 heteroatoms. The van der Waals surface area contributed by atoms with E-state index in [1.165, 1.54) is 50.8 Å². The summed E-state index contributed by atoms with van der Waals surface area (Å²) in [6.07, 6.45) is 6.53. The molecule has 0 spiro atoms. The minimum absolute atomic E-state index is 0.377. The van der Waals surface area contributed by atoms with E-state index in [9.17, 15) is 0 Å². The van der Waals surface area contributed by atoms with Crippen molar-refractivity contribution in [3.05, 3.63) is 29.8 Å². The molecule has 3 N–H and O–H groups in total. The van der Waals surface area contributed by atoms with Gasteiger partial charge < -0.3 is 5.73 Å². The highest BCUT2D eigenvalue weighted by atomic mass is 16.6. The van der Waals surface area contributed by atoms with Crippen molar-refractivity contribution in [1.82, 2.24) is 4.90 Å². The SMILES string of the molecule is CONc1ccc(CN(CCC(C)(C)C)CC2CCC(CN)CC2)cc1. The van der Waals surface area contributed by atoms with Crippen LogP contribution in [0.2, 0.25) is 0 Å². The zero-order chi connectivity index (χ0) is 19.0. The van der Waals surface area contributed by atoms with E-state index >= 15 is 0 Å². The summed E-state index contributed by atoms with van der Waals surface area (Å²) in [6, 6.07) is 8.59. The van der Waals surface area contributed by atoms with Crippen LogP contribution >= 0.6 is 0 Å². The van der Waals surface area contributed by atoms with Gasteiger partial charge in [-0.1, -0.05) is 32.9 Å². The van der Waals surface area contributed by atoms with Crippen LogP contribution in [0.5, 0.6) is 0 Å². The van der Waals surface area contributed by atoms with E-state index in [2.05, 4.69) is 55.4 Å². The van der Waals surface area contributed by atoms with Crippen molar-refractivity contribution in [1.29, 1.82) is 0 Å². The van der Waals surface area contributed by atoms with Crippen LogP contribution in [-0.2, 0) is 11.4 Å². The van der Waals surface area contributed by atoms with Gasteiger partial charge in [-0.3, -0.25) is 15.2 Å². The minimum atomic E-state index is 0.377. The predicted molar refractivity (Wildman–Crippen MR) is 111 cm³/mol. The smallest absolute Gasteiger partial charge is 0.0636 e. The minimum Gasteiger partial charge on any atom is -0.330 e. The van der Waals surface area contributed by atoms with Gasteiger partial charge in [-0.25, -0.2) is 0 Å². The van der Waals surface area contributed by atoms with Gasteiger partial charge in [0.25, 0.3) is 0 Å². The van der Waals surface area contributed by atoms with E-state index in [4.69, 9.17) is 10.6 Å². The summed E-state index contributed by atoms with van der Waals surface area (Å²) < 4.78 is 0. The Balaban J connectivity index is 1.94. The van der Waals surface area contributed by atoms with Crippen LogP contribution in [-0.4, -0.2) is 31.6 Å². The Morgan fingerprint density at radius 2 is 1.69 bits per heavy atom. The molecule has 0 aliphatic heterocycles. The Bertz CT molecular complexity index is 501. The lowest BCUT2D eigenvalue weighted by atomic mass is 9.81. The van der Waals surface area contributed by atoms with E-state index in [1.54, 1.807) is 7.11 Å². The van der Waals surface area contributed by atoms with E-state index in [1.807, 2.05) is 0 Å². The van der Waals surface area contributed by atoms with E-state index < -0.39 is 0 Å². The van der Waals surface area contributed by atoms with Gasteiger partial charge in [-0.15, -0.1) is 0 Å². The first kappa shape index (κ1) is 21.2. The van der Waals surface area contributed by atoms with Crippen LogP contribution in [0.15, 0.2) is 24.3 Å². The maximum atomic E-state index is 5.86. The summed E-state index contributed by atoms with van der Waals surface area (Å²) in [5.41, 5.74) is 11.5. The number of nitrogens with two attached hydrogens (primary N) is 1. The molecule has 1 fully saturated rings. The van der Waals surface area contributed by atoms with Crippen LogP contribution in [0, 0.1) is 17.3 Å². The van der Waals surface area contributed by atoms with Crippen molar-refractivity contribution in [2.75, 3.05) is 32.2 Å². The maximum Gasteiger partial charge on any atom is 0.0636 e. The van der Waals surface area contributed by atoms with Gasteiger partial charge in [0.05, 0.1) is 12.8 Å². The quantitative estimate of drug-likeness (QED) is 0.628. The molecule has 1 aliphatic rings. The predicted octanol–water partition coefficient (Wildman–Crippen LogP) is 4.66. The van der Waals surface area contributed by atoms with Crippen molar-refractivity contribution in [2.45, 2.75) is 59.4 Å². The fourth-order valence-electron chi connectivity index (χ4n) is 3.80. The highest BCUT2D eigenvalue weighted by Gasteiger charge is 2.23. The Morgan fingerprint density at radius 1 is 1.08 bits per heavy atom. The van der Waals surface area contributed by atoms with Gasteiger partial charge in [0.2, 0.25) is 0 Å². The lowest BCUT2D eigenvalue weighted by Crippen LogP contribution is -2.34. The third-order valence-electron chi connectivity index (χ3n) is 5.57. The first-order valence-electron chi connectivity index (χ1n) is 10.2. The molecule has 26 heavy (non-hydrogen) atoms. The van der Waals surface area contributed by atoms with Crippen LogP contribution in [0.1, 0.15) is 58.4 Å². The fraction of sp³-hybridized carbons (Fsp3) is 0.727. The molecule has 2 rings (SSSR count). The Hall–Kier alpha value is -1.10. The summed E-state index contributed by atoms with van der Waals surface area (Å²) in [5.74, 6) is 1.59. The van der Waals surface area contributed by atoms with Gasteiger partial charge in [0, 0.05) is 13.1 Å².